The van der Waals surface area contributed by atoms with Gasteiger partial charge < -0.3 is 5.32 Å². The number of halogens is 5. The van der Waals surface area contributed by atoms with Crippen LogP contribution in [0.2, 0.25) is 10.2 Å². The van der Waals surface area contributed by atoms with E-state index in [1.54, 1.807) is 35.0 Å². The van der Waals surface area contributed by atoms with E-state index >= 15 is 0 Å². The van der Waals surface area contributed by atoms with Crippen LogP contribution in [0.4, 0.5) is 18.0 Å². The maximum atomic E-state index is 13.3. The molecule has 0 saturated heterocycles. The summed E-state index contributed by atoms with van der Waals surface area (Å²) in [5, 5.41) is 4.72. The molecular formula is C27H22Cl2F3N5O. The van der Waals surface area contributed by atoms with Crippen molar-refractivity contribution in [1.29, 1.82) is 0 Å². The van der Waals surface area contributed by atoms with Crippen molar-refractivity contribution in [3.8, 4) is 0 Å². The minimum atomic E-state index is -4.41. The summed E-state index contributed by atoms with van der Waals surface area (Å²) >= 11 is 12.6. The predicted molar refractivity (Wildman–Crippen MR) is 141 cm³/mol. The number of hydrogen-bond acceptors (Lipinski definition) is 4. The Morgan fingerprint density at radius 2 is 1.97 bits per heavy atom. The van der Waals surface area contributed by atoms with E-state index in [9.17, 15) is 18.0 Å². The number of amides is 1. The highest BCUT2D eigenvalue weighted by molar-refractivity contribution is 6.36. The van der Waals surface area contributed by atoms with Crippen molar-refractivity contribution in [2.75, 3.05) is 13.1 Å². The van der Waals surface area contributed by atoms with Gasteiger partial charge in [-0.25, -0.2) is 9.78 Å². The first-order valence-electron chi connectivity index (χ1n) is 11.8. The summed E-state index contributed by atoms with van der Waals surface area (Å²) in [5.74, 6) is 0. The van der Waals surface area contributed by atoms with Crippen molar-refractivity contribution in [1.82, 2.24) is 24.8 Å². The SMILES string of the molecule is O=C(NCc1ccnc(Cl)c1)n1c2c(c3c(Cl)cccc31)CN(CC=Cc1ccc(C(F)(F)F)cn1)CC2. The van der Waals surface area contributed by atoms with Crippen LogP contribution in [0.15, 0.2) is 60.9 Å². The monoisotopic (exact) mass is 559 g/mol. The average Bonchev–Trinajstić information content (AvgIpc) is 3.22. The molecular weight excluding hydrogens is 538 g/mol. The molecule has 4 heterocycles. The maximum absolute atomic E-state index is 13.3. The van der Waals surface area contributed by atoms with Crippen LogP contribution in [0, 0.1) is 0 Å². The van der Waals surface area contributed by atoms with Crippen LogP contribution in [-0.4, -0.2) is 38.6 Å². The highest BCUT2D eigenvalue weighted by atomic mass is 35.5. The molecule has 38 heavy (non-hydrogen) atoms. The third-order valence-corrected chi connectivity index (χ3v) is 6.92. The summed E-state index contributed by atoms with van der Waals surface area (Å²) in [6.07, 6.45) is 2.20. The van der Waals surface area contributed by atoms with E-state index in [4.69, 9.17) is 23.2 Å². The lowest BCUT2D eigenvalue weighted by Crippen LogP contribution is -2.34. The lowest BCUT2D eigenvalue weighted by Gasteiger charge is -2.27. The zero-order valence-corrected chi connectivity index (χ0v) is 21.5. The summed E-state index contributed by atoms with van der Waals surface area (Å²) in [7, 11) is 0. The number of nitrogens with one attached hydrogen (secondary N) is 1. The van der Waals surface area contributed by atoms with Gasteiger partial charge >= 0.3 is 12.2 Å². The molecule has 0 spiro atoms. The molecule has 0 saturated carbocycles. The minimum Gasteiger partial charge on any atom is -0.333 e. The highest BCUT2D eigenvalue weighted by Gasteiger charge is 2.30. The van der Waals surface area contributed by atoms with Crippen molar-refractivity contribution in [2.24, 2.45) is 0 Å². The van der Waals surface area contributed by atoms with Crippen LogP contribution in [0.5, 0.6) is 0 Å². The fourth-order valence-electron chi connectivity index (χ4n) is 4.61. The van der Waals surface area contributed by atoms with Gasteiger partial charge in [-0.3, -0.25) is 14.5 Å². The fraction of sp³-hybridized carbons (Fsp3) is 0.222. The Labute approximate surface area is 226 Å². The molecule has 1 N–H and O–H groups in total. The molecule has 0 atom stereocenters. The standard InChI is InChI=1S/C27H22Cl2F3N5O/c28-21-4-1-5-23-25(21)20-16-36(11-2-3-19-7-6-18(15-34-19)27(30,31)32)12-9-22(20)37(23)26(38)35-14-17-8-10-33-24(29)13-17/h1-8,10,13,15H,9,11-12,14,16H2,(H,35,38). The smallest absolute Gasteiger partial charge is 0.333 e. The molecule has 0 radical (unpaired) electrons. The topological polar surface area (TPSA) is 63.1 Å². The molecule has 0 fully saturated rings. The van der Waals surface area contributed by atoms with Gasteiger partial charge in [-0.05, 0) is 53.6 Å². The van der Waals surface area contributed by atoms with Crippen LogP contribution in [0.1, 0.15) is 28.1 Å². The molecule has 3 aromatic heterocycles. The normalized spacial score (nSPS) is 14.2. The Kier molecular flexibility index (Phi) is 7.43. The Morgan fingerprint density at radius 1 is 1.13 bits per heavy atom. The van der Waals surface area contributed by atoms with E-state index in [0.717, 1.165) is 40.0 Å². The third kappa shape index (κ3) is 5.55. The van der Waals surface area contributed by atoms with E-state index < -0.39 is 11.7 Å². The quantitative estimate of drug-likeness (QED) is 0.280. The molecule has 11 heteroatoms. The number of benzene rings is 1. The Morgan fingerprint density at radius 3 is 2.71 bits per heavy atom. The average molecular weight is 560 g/mol. The van der Waals surface area contributed by atoms with Gasteiger partial charge in [0.25, 0.3) is 0 Å². The molecule has 0 unspecified atom stereocenters. The molecule has 1 aliphatic heterocycles. The summed E-state index contributed by atoms with van der Waals surface area (Å²) < 4.78 is 40.0. The number of nitrogens with zero attached hydrogens (tertiary/aromatic N) is 4. The number of fused-ring (bicyclic) bond motifs is 3. The molecule has 1 aliphatic rings. The van der Waals surface area contributed by atoms with E-state index in [0.29, 0.717) is 48.5 Å². The van der Waals surface area contributed by atoms with Crippen LogP contribution in [0.25, 0.3) is 17.0 Å². The van der Waals surface area contributed by atoms with E-state index in [-0.39, 0.29) is 6.03 Å². The largest absolute Gasteiger partial charge is 0.417 e. The van der Waals surface area contributed by atoms with Crippen molar-refractivity contribution in [2.45, 2.75) is 25.7 Å². The summed E-state index contributed by atoms with van der Waals surface area (Å²) in [4.78, 5) is 23.3. The van der Waals surface area contributed by atoms with Crippen LogP contribution < -0.4 is 5.32 Å². The molecule has 4 aromatic rings. The lowest BCUT2D eigenvalue weighted by atomic mass is 10.0. The maximum Gasteiger partial charge on any atom is 0.417 e. The van der Waals surface area contributed by atoms with Gasteiger partial charge in [0.05, 0.1) is 21.8 Å². The molecule has 196 valence electrons. The zero-order valence-electron chi connectivity index (χ0n) is 20.0. The second-order valence-electron chi connectivity index (χ2n) is 8.90. The number of rotatable bonds is 5. The predicted octanol–water partition coefficient (Wildman–Crippen LogP) is 6.59. The van der Waals surface area contributed by atoms with Gasteiger partial charge in [-0.2, -0.15) is 13.2 Å². The zero-order chi connectivity index (χ0) is 26.9. The Hall–Kier alpha value is -3.40. The molecule has 0 bridgehead atoms. The van der Waals surface area contributed by atoms with E-state index in [1.807, 2.05) is 18.2 Å². The van der Waals surface area contributed by atoms with Crippen molar-refractivity contribution in [3.63, 3.8) is 0 Å². The van der Waals surface area contributed by atoms with E-state index in [1.165, 1.54) is 6.07 Å². The summed E-state index contributed by atoms with van der Waals surface area (Å²) in [6.45, 7) is 2.12. The molecule has 6 nitrogen and oxygen atoms in total. The lowest BCUT2D eigenvalue weighted by molar-refractivity contribution is -0.137. The van der Waals surface area contributed by atoms with Crippen molar-refractivity contribution < 1.29 is 18.0 Å². The molecule has 5 rings (SSSR count). The van der Waals surface area contributed by atoms with Crippen LogP contribution in [0.3, 0.4) is 0 Å². The second-order valence-corrected chi connectivity index (χ2v) is 9.69. The Balaban J connectivity index is 1.33. The fourth-order valence-corrected chi connectivity index (χ4v) is 5.09. The number of carbonyl (C=O) groups is 1. The Bertz CT molecular complexity index is 1520. The van der Waals surface area contributed by atoms with Crippen molar-refractivity contribution in [3.05, 3.63) is 99.2 Å². The number of carbonyl (C=O) groups excluding carboxylic acids is 1. The number of hydrogen-bond donors (Lipinski definition) is 1. The van der Waals surface area contributed by atoms with Gasteiger partial charge in [-0.15, -0.1) is 0 Å². The summed E-state index contributed by atoms with van der Waals surface area (Å²) in [5.41, 5.74) is 3.13. The van der Waals surface area contributed by atoms with Gasteiger partial charge in [0.15, 0.2) is 0 Å². The van der Waals surface area contributed by atoms with Crippen molar-refractivity contribution >= 4 is 46.2 Å². The van der Waals surface area contributed by atoms with Gasteiger partial charge in [0.1, 0.15) is 5.15 Å². The van der Waals surface area contributed by atoms with E-state index in [2.05, 4.69) is 20.2 Å². The number of aromatic nitrogens is 3. The van der Waals surface area contributed by atoms with Gasteiger partial charge in [0, 0.05) is 56.1 Å². The first-order chi connectivity index (χ1) is 18.2. The van der Waals surface area contributed by atoms with Crippen LogP contribution in [-0.2, 0) is 25.7 Å². The molecule has 1 amide bonds. The highest BCUT2D eigenvalue weighted by Crippen LogP contribution is 2.35. The number of pyridine rings is 2. The molecule has 1 aromatic carbocycles. The van der Waals surface area contributed by atoms with Gasteiger partial charge in [-0.1, -0.05) is 35.3 Å². The van der Waals surface area contributed by atoms with Gasteiger partial charge in [0.2, 0.25) is 0 Å². The first kappa shape index (κ1) is 26.2. The first-order valence-corrected chi connectivity index (χ1v) is 12.6. The minimum absolute atomic E-state index is 0.256. The third-order valence-electron chi connectivity index (χ3n) is 6.40. The molecule has 0 aliphatic carbocycles. The summed E-state index contributed by atoms with van der Waals surface area (Å²) in [6, 6.07) is 11.1. The van der Waals surface area contributed by atoms with Crippen LogP contribution >= 0.6 is 23.2 Å². The number of alkyl halides is 3. The second kappa shape index (κ2) is 10.8.